The number of rotatable bonds is 5. The molecule has 0 unspecified atom stereocenters. The summed E-state index contributed by atoms with van der Waals surface area (Å²) in [4.78, 5) is 12.3. The van der Waals surface area contributed by atoms with Gasteiger partial charge in [0, 0.05) is 24.2 Å². The van der Waals surface area contributed by atoms with Crippen LogP contribution in [0.4, 0.5) is 0 Å². The molecule has 5 aliphatic carbocycles. The largest absolute Gasteiger partial charge is 0.494 e. The summed E-state index contributed by atoms with van der Waals surface area (Å²) >= 11 is 0. The molecule has 0 aromatic heterocycles. The van der Waals surface area contributed by atoms with Gasteiger partial charge in [0.1, 0.15) is 6.61 Å². The molecule has 0 aliphatic heterocycles. The van der Waals surface area contributed by atoms with Crippen LogP contribution in [0.3, 0.4) is 0 Å². The van der Waals surface area contributed by atoms with Gasteiger partial charge in [0.25, 0.3) is 0 Å². The molecule has 178 valence electrons. The number of ether oxygens (including phenoxy) is 2. The van der Waals surface area contributed by atoms with E-state index in [2.05, 4.69) is 26.0 Å². The van der Waals surface area contributed by atoms with E-state index in [0.29, 0.717) is 36.9 Å². The summed E-state index contributed by atoms with van der Waals surface area (Å²) in [5.41, 5.74) is 0.936. The van der Waals surface area contributed by atoms with E-state index in [1.54, 1.807) is 12.5 Å². The first kappa shape index (κ1) is 22.5. The molecule has 4 nitrogen and oxygen atoms in total. The van der Waals surface area contributed by atoms with Gasteiger partial charge in [0.2, 0.25) is 0 Å². The fraction of sp³-hybridized carbons (Fsp3) is 0.821. The zero-order valence-electron chi connectivity index (χ0n) is 20.3. The van der Waals surface area contributed by atoms with Crippen LogP contribution in [-0.4, -0.2) is 29.9 Å². The van der Waals surface area contributed by atoms with Crippen LogP contribution in [0.25, 0.3) is 0 Å². The van der Waals surface area contributed by atoms with Crippen LogP contribution in [0.15, 0.2) is 23.5 Å². The van der Waals surface area contributed by atoms with Gasteiger partial charge < -0.3 is 14.6 Å². The van der Waals surface area contributed by atoms with E-state index in [4.69, 9.17) is 9.47 Å². The van der Waals surface area contributed by atoms with Crippen LogP contribution in [0.1, 0.15) is 91.4 Å². The minimum Gasteiger partial charge on any atom is -0.494 e. The van der Waals surface area contributed by atoms with Crippen LogP contribution in [-0.2, 0) is 14.3 Å². The number of esters is 1. The van der Waals surface area contributed by atoms with Gasteiger partial charge >= 0.3 is 5.97 Å². The third-order valence-electron chi connectivity index (χ3n) is 10.5. The fourth-order valence-electron chi connectivity index (χ4n) is 8.97. The standard InChI is InChI=1S/C28H42O4/c1-19-16-21-8-6-7-13-27(21,17-29)24-11-14-26(3)23(25(19)24)12-15-28(26,32-20(2)30)18-31-22-9-4-5-10-22/h8-9,19,23-25,29H,4-7,10-18H2,1-3H3/t19-,23+,24+,25+,26+,27-,28-/m1/s1. The first-order chi connectivity index (χ1) is 15.4. The number of carbonyl (C=O) groups excluding carboxylic acids is 1. The van der Waals surface area contributed by atoms with E-state index in [1.807, 2.05) is 0 Å². The first-order valence-corrected chi connectivity index (χ1v) is 13.2. The van der Waals surface area contributed by atoms with Crippen LogP contribution in [0.5, 0.6) is 0 Å². The van der Waals surface area contributed by atoms with Crippen molar-refractivity contribution >= 4 is 5.97 Å². The first-order valence-electron chi connectivity index (χ1n) is 13.2. The minimum absolute atomic E-state index is 0.00536. The molecule has 0 amide bonds. The summed E-state index contributed by atoms with van der Waals surface area (Å²) < 4.78 is 12.6. The van der Waals surface area contributed by atoms with E-state index < -0.39 is 5.60 Å². The van der Waals surface area contributed by atoms with Crippen LogP contribution >= 0.6 is 0 Å². The topological polar surface area (TPSA) is 55.8 Å². The van der Waals surface area contributed by atoms with Crippen molar-refractivity contribution in [1.82, 2.24) is 0 Å². The van der Waals surface area contributed by atoms with Gasteiger partial charge in [-0.15, -0.1) is 0 Å². The quantitative estimate of drug-likeness (QED) is 0.423. The number of hydrogen-bond donors (Lipinski definition) is 1. The van der Waals surface area contributed by atoms with Crippen molar-refractivity contribution in [2.24, 2.45) is 34.5 Å². The van der Waals surface area contributed by atoms with Gasteiger partial charge in [0.15, 0.2) is 5.60 Å². The average molecular weight is 443 g/mol. The summed E-state index contributed by atoms with van der Waals surface area (Å²) in [6, 6.07) is 0. The maximum absolute atomic E-state index is 12.3. The second kappa shape index (κ2) is 8.18. The van der Waals surface area contributed by atoms with Crippen molar-refractivity contribution in [2.45, 2.75) is 97.0 Å². The zero-order valence-corrected chi connectivity index (χ0v) is 20.3. The molecule has 4 heteroatoms. The van der Waals surface area contributed by atoms with Gasteiger partial charge in [-0.3, -0.25) is 4.79 Å². The number of carbonyl (C=O) groups is 1. The molecule has 0 aromatic carbocycles. The molecule has 3 fully saturated rings. The molecule has 0 radical (unpaired) electrons. The molecule has 32 heavy (non-hydrogen) atoms. The molecule has 7 atom stereocenters. The molecule has 0 saturated heterocycles. The molecule has 5 aliphatic rings. The van der Waals surface area contributed by atoms with Crippen molar-refractivity contribution in [3.63, 3.8) is 0 Å². The SMILES string of the molecule is CC(=O)O[C@@]1(COC2=CCCC2)CC[C@H]2[C@@H]3[C@H](C)CC4=CCCC[C@]4(CO)[C@H]3CC[C@@]21C. The lowest BCUT2D eigenvalue weighted by molar-refractivity contribution is -0.196. The molecule has 0 aromatic rings. The molecule has 0 bridgehead atoms. The van der Waals surface area contributed by atoms with Crippen LogP contribution < -0.4 is 0 Å². The highest BCUT2D eigenvalue weighted by atomic mass is 16.6. The Morgan fingerprint density at radius 2 is 1.91 bits per heavy atom. The third kappa shape index (κ3) is 3.22. The van der Waals surface area contributed by atoms with E-state index in [-0.39, 0.29) is 16.8 Å². The monoisotopic (exact) mass is 442 g/mol. The number of hydrogen-bond acceptors (Lipinski definition) is 4. The highest BCUT2D eigenvalue weighted by Gasteiger charge is 2.67. The van der Waals surface area contributed by atoms with Crippen molar-refractivity contribution in [3.8, 4) is 0 Å². The van der Waals surface area contributed by atoms with Crippen LogP contribution in [0, 0.1) is 34.5 Å². The predicted molar refractivity (Wildman–Crippen MR) is 125 cm³/mol. The summed E-state index contributed by atoms with van der Waals surface area (Å²) in [6.45, 7) is 7.17. The molecule has 0 heterocycles. The van der Waals surface area contributed by atoms with Crippen molar-refractivity contribution in [2.75, 3.05) is 13.2 Å². The van der Waals surface area contributed by atoms with Crippen molar-refractivity contribution in [1.29, 1.82) is 0 Å². The number of allylic oxidation sites excluding steroid dienone is 3. The Kier molecular flexibility index (Phi) is 5.75. The lowest BCUT2D eigenvalue weighted by Crippen LogP contribution is -2.59. The summed E-state index contributed by atoms with van der Waals surface area (Å²) in [6.07, 6.45) is 16.7. The van der Waals surface area contributed by atoms with Gasteiger partial charge in [-0.25, -0.2) is 0 Å². The van der Waals surface area contributed by atoms with E-state index in [1.165, 1.54) is 12.8 Å². The second-order valence-corrected chi connectivity index (χ2v) is 11.8. The van der Waals surface area contributed by atoms with Gasteiger partial charge in [-0.2, -0.15) is 0 Å². The summed E-state index contributed by atoms with van der Waals surface area (Å²) in [5.74, 6) is 3.16. The van der Waals surface area contributed by atoms with Crippen molar-refractivity contribution in [3.05, 3.63) is 23.5 Å². The maximum atomic E-state index is 12.3. The summed E-state index contributed by atoms with van der Waals surface area (Å²) in [7, 11) is 0. The minimum atomic E-state index is -0.535. The van der Waals surface area contributed by atoms with E-state index in [9.17, 15) is 9.90 Å². The lowest BCUT2D eigenvalue weighted by Gasteiger charge is -2.61. The number of aliphatic hydroxyl groups is 1. The van der Waals surface area contributed by atoms with Crippen molar-refractivity contribution < 1.29 is 19.4 Å². The number of fused-ring (bicyclic) bond motifs is 5. The molecule has 5 rings (SSSR count). The van der Waals surface area contributed by atoms with E-state index in [0.717, 1.165) is 63.5 Å². The van der Waals surface area contributed by atoms with Gasteiger partial charge in [-0.1, -0.05) is 25.5 Å². The Balaban J connectivity index is 1.47. The Morgan fingerprint density at radius 3 is 2.62 bits per heavy atom. The highest BCUT2D eigenvalue weighted by Crippen LogP contribution is 2.69. The van der Waals surface area contributed by atoms with Gasteiger partial charge in [0.05, 0.1) is 12.4 Å². The second-order valence-electron chi connectivity index (χ2n) is 11.8. The molecule has 1 N–H and O–H groups in total. The lowest BCUT2D eigenvalue weighted by atomic mass is 9.44. The normalized spacial score (nSPS) is 45.2. The van der Waals surface area contributed by atoms with E-state index >= 15 is 0 Å². The predicted octanol–water partition coefficient (Wildman–Crippen LogP) is 5.94. The Bertz CT molecular complexity index is 814. The molecule has 0 spiro atoms. The fourth-order valence-corrected chi connectivity index (χ4v) is 8.97. The maximum Gasteiger partial charge on any atom is 0.303 e. The third-order valence-corrected chi connectivity index (χ3v) is 10.5. The molecular formula is C28H42O4. The molecule has 3 saturated carbocycles. The average Bonchev–Trinajstić information content (AvgIpc) is 3.38. The Labute approximate surface area is 193 Å². The van der Waals surface area contributed by atoms with Gasteiger partial charge in [-0.05, 0) is 94.0 Å². The smallest absolute Gasteiger partial charge is 0.303 e. The zero-order chi connectivity index (χ0) is 22.6. The highest BCUT2D eigenvalue weighted by molar-refractivity contribution is 5.66. The number of aliphatic hydroxyl groups excluding tert-OH is 1. The molecular weight excluding hydrogens is 400 g/mol. The summed E-state index contributed by atoms with van der Waals surface area (Å²) in [5, 5.41) is 10.7. The van der Waals surface area contributed by atoms with Crippen LogP contribution in [0.2, 0.25) is 0 Å². The Hall–Kier alpha value is -1.29. The Morgan fingerprint density at radius 1 is 1.12 bits per heavy atom.